The van der Waals surface area contributed by atoms with E-state index in [1.54, 1.807) is 30.3 Å². The van der Waals surface area contributed by atoms with Crippen molar-refractivity contribution in [3.05, 3.63) is 68.9 Å². The molecule has 4 rings (SSSR count). The van der Waals surface area contributed by atoms with Gasteiger partial charge in [-0.3, -0.25) is 9.89 Å². The van der Waals surface area contributed by atoms with Gasteiger partial charge < -0.3 is 4.74 Å². The van der Waals surface area contributed by atoms with Crippen LogP contribution in [-0.4, -0.2) is 26.7 Å². The van der Waals surface area contributed by atoms with Crippen molar-refractivity contribution in [3.8, 4) is 28.4 Å². The molecule has 26 heavy (non-hydrogen) atoms. The smallest absolute Gasteiger partial charge is 0.274 e. The molecule has 0 aliphatic heterocycles. The van der Waals surface area contributed by atoms with E-state index in [-0.39, 0.29) is 11.3 Å². The molecule has 0 saturated heterocycles. The molecule has 6 nitrogen and oxygen atoms in total. The van der Waals surface area contributed by atoms with Gasteiger partial charge in [-0.05, 0) is 36.4 Å². The zero-order valence-electron chi connectivity index (χ0n) is 13.5. The third-order valence-electron chi connectivity index (χ3n) is 3.90. The summed E-state index contributed by atoms with van der Waals surface area (Å²) < 4.78 is 6.51. The molecule has 1 N–H and O–H groups in total. The van der Waals surface area contributed by atoms with E-state index in [9.17, 15) is 4.79 Å². The fourth-order valence-electron chi connectivity index (χ4n) is 2.58. The third-order valence-corrected chi connectivity index (χ3v) is 4.46. The van der Waals surface area contributed by atoms with Crippen molar-refractivity contribution in [3.63, 3.8) is 0 Å². The van der Waals surface area contributed by atoms with Crippen LogP contribution in [-0.2, 0) is 0 Å². The van der Waals surface area contributed by atoms with Crippen LogP contribution in [0.3, 0.4) is 0 Å². The Morgan fingerprint density at radius 1 is 1.00 bits per heavy atom. The molecule has 8 heteroatoms. The van der Waals surface area contributed by atoms with Crippen LogP contribution in [0.2, 0.25) is 10.0 Å². The molecule has 0 amide bonds. The molecular formula is C18H12Cl2N4O2. The fraction of sp³-hybridized carbons (Fsp3) is 0.0556. The highest BCUT2D eigenvalue weighted by Crippen LogP contribution is 2.29. The summed E-state index contributed by atoms with van der Waals surface area (Å²) in [7, 11) is 1.53. The average Bonchev–Trinajstić information content (AvgIpc) is 3.07. The number of hydrogen-bond acceptors (Lipinski definition) is 4. The summed E-state index contributed by atoms with van der Waals surface area (Å²) in [5, 5.41) is 4.06. The summed E-state index contributed by atoms with van der Waals surface area (Å²) in [6, 6.07) is 13.8. The molecule has 2 heterocycles. The number of hydrogen-bond donors (Lipinski definition) is 1. The van der Waals surface area contributed by atoms with E-state index in [1.807, 2.05) is 12.1 Å². The Balaban J connectivity index is 1.84. The summed E-state index contributed by atoms with van der Waals surface area (Å²) in [6.45, 7) is 0. The first-order valence-electron chi connectivity index (χ1n) is 7.65. The van der Waals surface area contributed by atoms with Gasteiger partial charge in [0.1, 0.15) is 5.75 Å². The van der Waals surface area contributed by atoms with Crippen molar-refractivity contribution in [1.29, 1.82) is 0 Å². The van der Waals surface area contributed by atoms with Gasteiger partial charge in [0.2, 0.25) is 0 Å². The van der Waals surface area contributed by atoms with E-state index in [4.69, 9.17) is 27.9 Å². The molecular weight excluding hydrogens is 375 g/mol. The van der Waals surface area contributed by atoms with Gasteiger partial charge in [0.25, 0.3) is 11.3 Å². The van der Waals surface area contributed by atoms with Gasteiger partial charge >= 0.3 is 0 Å². The van der Waals surface area contributed by atoms with E-state index >= 15 is 0 Å². The van der Waals surface area contributed by atoms with Crippen LogP contribution in [0.5, 0.6) is 5.75 Å². The van der Waals surface area contributed by atoms with Gasteiger partial charge in [0, 0.05) is 22.2 Å². The quantitative estimate of drug-likeness (QED) is 0.575. The first-order valence-corrected chi connectivity index (χ1v) is 8.40. The van der Waals surface area contributed by atoms with Crippen molar-refractivity contribution in [1.82, 2.24) is 19.6 Å². The number of rotatable bonds is 3. The second-order valence-electron chi connectivity index (χ2n) is 5.54. The SMILES string of the molecule is COc1cc(-c2cc(=O)n3[nH]c(-c4ccc(Cl)cc4)nc3n2)ccc1Cl. The number of ether oxygens (including phenoxy) is 1. The standard InChI is InChI=1S/C18H12Cl2N4O2/c1-26-15-8-11(4-7-13(15)20)14-9-16(25)24-18(21-14)22-17(23-24)10-2-5-12(19)6-3-10/h2-9H,1H3,(H,21,22,23). The number of aromatic amines is 1. The first-order chi connectivity index (χ1) is 12.5. The number of benzene rings is 2. The maximum atomic E-state index is 12.5. The number of fused-ring (bicyclic) bond motifs is 1. The molecule has 0 unspecified atom stereocenters. The van der Waals surface area contributed by atoms with Gasteiger partial charge in [-0.1, -0.05) is 29.3 Å². The molecule has 0 aliphatic rings. The van der Waals surface area contributed by atoms with E-state index in [1.165, 1.54) is 17.7 Å². The van der Waals surface area contributed by atoms with Gasteiger partial charge in [-0.25, -0.2) is 4.98 Å². The highest BCUT2D eigenvalue weighted by atomic mass is 35.5. The van der Waals surface area contributed by atoms with Crippen molar-refractivity contribution in [2.45, 2.75) is 0 Å². The maximum absolute atomic E-state index is 12.5. The maximum Gasteiger partial charge on any atom is 0.274 e. The highest BCUT2D eigenvalue weighted by molar-refractivity contribution is 6.32. The molecule has 0 fully saturated rings. The van der Waals surface area contributed by atoms with Crippen LogP contribution < -0.4 is 10.3 Å². The largest absolute Gasteiger partial charge is 0.495 e. The first kappa shape index (κ1) is 16.6. The minimum absolute atomic E-state index is 0.270. The molecule has 130 valence electrons. The Labute approximate surface area is 158 Å². The average molecular weight is 387 g/mol. The Hall–Kier alpha value is -2.83. The molecule has 0 bridgehead atoms. The lowest BCUT2D eigenvalue weighted by atomic mass is 10.1. The molecule has 4 aromatic rings. The van der Waals surface area contributed by atoms with Gasteiger partial charge in [-0.15, -0.1) is 0 Å². The lowest BCUT2D eigenvalue weighted by Gasteiger charge is -2.06. The monoisotopic (exact) mass is 386 g/mol. The topological polar surface area (TPSA) is 72.3 Å². The molecule has 2 aromatic heterocycles. The summed E-state index contributed by atoms with van der Waals surface area (Å²) in [5.41, 5.74) is 1.72. The molecule has 0 atom stereocenters. The van der Waals surface area contributed by atoms with Gasteiger partial charge in [-0.2, -0.15) is 9.50 Å². The van der Waals surface area contributed by atoms with Crippen LogP contribution in [0.25, 0.3) is 28.4 Å². The molecule has 0 aliphatic carbocycles. The minimum atomic E-state index is -0.272. The second kappa shape index (κ2) is 6.48. The number of aromatic nitrogens is 4. The summed E-state index contributed by atoms with van der Waals surface area (Å²) in [4.78, 5) is 21.4. The van der Waals surface area contributed by atoms with Crippen LogP contribution >= 0.6 is 23.2 Å². The van der Waals surface area contributed by atoms with Crippen molar-refractivity contribution in [2.24, 2.45) is 0 Å². The predicted molar refractivity (Wildman–Crippen MR) is 101 cm³/mol. The van der Waals surface area contributed by atoms with E-state index < -0.39 is 0 Å². The predicted octanol–water partition coefficient (Wildman–Crippen LogP) is 4.07. The zero-order valence-corrected chi connectivity index (χ0v) is 15.0. The Bertz CT molecular complexity index is 1170. The van der Waals surface area contributed by atoms with E-state index in [0.29, 0.717) is 32.9 Å². The lowest BCUT2D eigenvalue weighted by molar-refractivity contribution is 0.415. The van der Waals surface area contributed by atoms with Crippen LogP contribution in [0.15, 0.2) is 53.3 Å². The Kier molecular flexibility index (Phi) is 4.14. The zero-order chi connectivity index (χ0) is 18.3. The molecule has 0 spiro atoms. The fourth-order valence-corrected chi connectivity index (χ4v) is 2.91. The van der Waals surface area contributed by atoms with Gasteiger partial charge in [0.15, 0.2) is 5.82 Å². The highest BCUT2D eigenvalue weighted by Gasteiger charge is 2.12. The van der Waals surface area contributed by atoms with Crippen LogP contribution in [0, 0.1) is 0 Å². The number of methoxy groups -OCH3 is 1. The number of nitrogens with one attached hydrogen (secondary N) is 1. The molecule has 2 aromatic carbocycles. The lowest BCUT2D eigenvalue weighted by Crippen LogP contribution is -2.14. The van der Waals surface area contributed by atoms with E-state index in [2.05, 4.69) is 15.1 Å². The molecule has 0 radical (unpaired) electrons. The third kappa shape index (κ3) is 2.94. The normalized spacial score (nSPS) is 11.0. The molecule has 0 saturated carbocycles. The number of nitrogens with zero attached hydrogens (tertiary/aromatic N) is 3. The second-order valence-corrected chi connectivity index (χ2v) is 6.39. The van der Waals surface area contributed by atoms with Crippen LogP contribution in [0.1, 0.15) is 0 Å². The summed E-state index contributed by atoms with van der Waals surface area (Å²) in [5.74, 6) is 1.30. The Morgan fingerprint density at radius 2 is 1.73 bits per heavy atom. The number of H-pyrrole nitrogens is 1. The summed E-state index contributed by atoms with van der Waals surface area (Å²) >= 11 is 12.0. The Morgan fingerprint density at radius 3 is 2.46 bits per heavy atom. The minimum Gasteiger partial charge on any atom is -0.495 e. The van der Waals surface area contributed by atoms with Gasteiger partial charge in [0.05, 0.1) is 17.8 Å². The summed E-state index contributed by atoms with van der Waals surface area (Å²) in [6.07, 6.45) is 0. The van der Waals surface area contributed by atoms with Crippen LogP contribution in [0.4, 0.5) is 0 Å². The van der Waals surface area contributed by atoms with Crippen molar-refractivity contribution in [2.75, 3.05) is 7.11 Å². The van der Waals surface area contributed by atoms with Crippen molar-refractivity contribution >= 4 is 29.0 Å². The van der Waals surface area contributed by atoms with Crippen molar-refractivity contribution < 1.29 is 4.74 Å². The van der Waals surface area contributed by atoms with E-state index in [0.717, 1.165) is 5.56 Å². The number of halogens is 2.